The Labute approximate surface area is 112 Å². The zero-order valence-corrected chi connectivity index (χ0v) is 11.6. The largest absolute Gasteiger partial charge is 0.411 e. The highest BCUT2D eigenvalue weighted by atomic mass is 35.5. The molecule has 1 rings (SSSR count). The van der Waals surface area contributed by atoms with Crippen LogP contribution >= 0.6 is 11.6 Å². The molecular formula is C13H18ClN3O. The second-order valence-corrected chi connectivity index (χ2v) is 4.93. The monoisotopic (exact) mass is 267 g/mol. The van der Waals surface area contributed by atoms with E-state index in [1.54, 1.807) is 12.3 Å². The summed E-state index contributed by atoms with van der Waals surface area (Å²) in [4.78, 5) is 8.50. The molecule has 1 unspecified atom stereocenters. The number of halogens is 1. The first-order valence-electron chi connectivity index (χ1n) is 5.87. The maximum absolute atomic E-state index is 8.69. The summed E-state index contributed by atoms with van der Waals surface area (Å²) in [5, 5.41) is 12.2. The predicted molar refractivity (Wildman–Crippen MR) is 75.1 cm³/mol. The van der Waals surface area contributed by atoms with E-state index in [1.807, 2.05) is 13.0 Å². The molecule has 0 radical (unpaired) electrons. The number of aromatic nitrogens is 1. The van der Waals surface area contributed by atoms with Crippen LogP contribution in [0.3, 0.4) is 0 Å². The number of hydrogen-bond donors (Lipinski definition) is 1. The number of nitrogens with zero attached hydrogens (tertiary/aromatic N) is 3. The third-order valence-electron chi connectivity index (χ3n) is 2.52. The first-order valence-corrected chi connectivity index (χ1v) is 6.25. The van der Waals surface area contributed by atoms with Crippen molar-refractivity contribution in [3.63, 3.8) is 0 Å². The van der Waals surface area contributed by atoms with Gasteiger partial charge in [-0.25, -0.2) is 4.98 Å². The van der Waals surface area contributed by atoms with Gasteiger partial charge in [-0.2, -0.15) is 0 Å². The first kappa shape index (κ1) is 14.6. The van der Waals surface area contributed by atoms with Crippen LogP contribution in [0.25, 0.3) is 0 Å². The zero-order valence-electron chi connectivity index (χ0n) is 10.8. The van der Waals surface area contributed by atoms with Gasteiger partial charge in [0.25, 0.3) is 0 Å². The molecule has 5 heteroatoms. The van der Waals surface area contributed by atoms with Crippen molar-refractivity contribution in [1.82, 2.24) is 4.98 Å². The molecule has 1 atom stereocenters. The Hall–Kier alpha value is -1.42. The van der Waals surface area contributed by atoms with Crippen molar-refractivity contribution >= 4 is 23.5 Å². The molecule has 1 aromatic heterocycles. The van der Waals surface area contributed by atoms with Crippen molar-refractivity contribution < 1.29 is 5.21 Å². The van der Waals surface area contributed by atoms with Crippen LogP contribution < -0.4 is 0 Å². The molecule has 1 aromatic rings. The minimum Gasteiger partial charge on any atom is -0.411 e. The van der Waals surface area contributed by atoms with Crippen LogP contribution in [0.5, 0.6) is 0 Å². The van der Waals surface area contributed by atoms with E-state index in [0.29, 0.717) is 17.6 Å². The van der Waals surface area contributed by atoms with Crippen LogP contribution in [-0.4, -0.2) is 28.7 Å². The maximum Gasteiger partial charge on any atom is 0.129 e. The fourth-order valence-corrected chi connectivity index (χ4v) is 1.56. The molecule has 0 aliphatic carbocycles. The third-order valence-corrected chi connectivity index (χ3v) is 2.75. The van der Waals surface area contributed by atoms with Crippen LogP contribution in [0.4, 0.5) is 0 Å². The van der Waals surface area contributed by atoms with Gasteiger partial charge in [0.2, 0.25) is 0 Å². The van der Waals surface area contributed by atoms with Crippen molar-refractivity contribution in [2.45, 2.75) is 26.7 Å². The van der Waals surface area contributed by atoms with Gasteiger partial charge in [-0.1, -0.05) is 43.6 Å². The molecule has 0 aliphatic rings. The number of aliphatic imine (C=N–C) groups is 1. The summed E-state index contributed by atoms with van der Waals surface area (Å²) >= 11 is 5.75. The number of rotatable bonds is 5. The molecule has 1 N–H and O–H groups in total. The molecule has 18 heavy (non-hydrogen) atoms. The maximum atomic E-state index is 8.69. The summed E-state index contributed by atoms with van der Waals surface area (Å²) in [6.45, 7) is 6.87. The molecule has 98 valence electrons. The fourth-order valence-electron chi connectivity index (χ4n) is 1.45. The number of pyridine rings is 1. The quantitative estimate of drug-likeness (QED) is 0.385. The minimum atomic E-state index is 0.0180. The lowest BCUT2D eigenvalue weighted by Gasteiger charge is -2.12. The Morgan fingerprint density at radius 3 is 2.67 bits per heavy atom. The van der Waals surface area contributed by atoms with Gasteiger partial charge in [0.15, 0.2) is 0 Å². The van der Waals surface area contributed by atoms with Crippen LogP contribution in [0.15, 0.2) is 28.5 Å². The van der Waals surface area contributed by atoms with E-state index in [1.165, 1.54) is 6.21 Å². The molecule has 0 saturated carbocycles. The zero-order chi connectivity index (χ0) is 13.5. The van der Waals surface area contributed by atoms with Gasteiger partial charge in [-0.15, -0.1) is 0 Å². The molecule has 0 saturated heterocycles. The van der Waals surface area contributed by atoms with E-state index in [4.69, 9.17) is 16.8 Å². The van der Waals surface area contributed by atoms with E-state index in [-0.39, 0.29) is 5.92 Å². The van der Waals surface area contributed by atoms with Gasteiger partial charge in [0.05, 0.1) is 11.9 Å². The second kappa shape index (κ2) is 7.11. The van der Waals surface area contributed by atoms with E-state index in [9.17, 15) is 0 Å². The first-order chi connectivity index (χ1) is 8.54. The highest BCUT2D eigenvalue weighted by molar-refractivity contribution is 6.33. The summed E-state index contributed by atoms with van der Waals surface area (Å²) in [7, 11) is 0. The van der Waals surface area contributed by atoms with Gasteiger partial charge in [0.1, 0.15) is 5.15 Å². The predicted octanol–water partition coefficient (Wildman–Crippen LogP) is 3.40. The lowest BCUT2D eigenvalue weighted by molar-refractivity contribution is 0.322. The average molecular weight is 268 g/mol. The SMILES string of the molecule is CC(C)CN=C(C=NO)C(C)c1ccc(Cl)nc1. The van der Waals surface area contributed by atoms with Crippen molar-refractivity contribution in [2.24, 2.45) is 16.1 Å². The molecule has 1 heterocycles. The van der Waals surface area contributed by atoms with Crippen molar-refractivity contribution in [1.29, 1.82) is 0 Å². The van der Waals surface area contributed by atoms with Gasteiger partial charge < -0.3 is 5.21 Å². The van der Waals surface area contributed by atoms with Crippen molar-refractivity contribution in [2.75, 3.05) is 6.54 Å². The molecule has 0 amide bonds. The van der Waals surface area contributed by atoms with E-state index < -0.39 is 0 Å². The Kier molecular flexibility index (Phi) is 5.78. The highest BCUT2D eigenvalue weighted by Gasteiger charge is 2.12. The Morgan fingerprint density at radius 2 is 2.17 bits per heavy atom. The van der Waals surface area contributed by atoms with E-state index in [0.717, 1.165) is 11.3 Å². The topological polar surface area (TPSA) is 57.8 Å². The summed E-state index contributed by atoms with van der Waals surface area (Å²) in [5.41, 5.74) is 1.72. The number of oxime groups is 1. The van der Waals surface area contributed by atoms with Crippen LogP contribution in [0.2, 0.25) is 5.15 Å². The summed E-state index contributed by atoms with van der Waals surface area (Å²) in [6, 6.07) is 3.64. The Balaban J connectivity index is 2.91. The standard InChI is InChI=1S/C13H18ClN3O/c1-9(2)6-15-12(8-17-18)10(3)11-4-5-13(14)16-7-11/h4-5,7-10,18H,6H2,1-3H3. The second-order valence-electron chi connectivity index (χ2n) is 4.54. The van der Waals surface area contributed by atoms with E-state index >= 15 is 0 Å². The van der Waals surface area contributed by atoms with Gasteiger partial charge in [-0.05, 0) is 17.5 Å². The lowest BCUT2D eigenvalue weighted by atomic mass is 9.98. The summed E-state index contributed by atoms with van der Waals surface area (Å²) in [5.74, 6) is 0.479. The summed E-state index contributed by atoms with van der Waals surface area (Å²) < 4.78 is 0. The normalized spacial score (nSPS) is 14.4. The summed E-state index contributed by atoms with van der Waals surface area (Å²) in [6.07, 6.45) is 3.09. The van der Waals surface area contributed by atoms with E-state index in [2.05, 4.69) is 29.0 Å². The van der Waals surface area contributed by atoms with Crippen LogP contribution in [-0.2, 0) is 0 Å². The molecule has 0 aliphatic heterocycles. The lowest BCUT2D eigenvalue weighted by Crippen LogP contribution is -2.13. The smallest absolute Gasteiger partial charge is 0.129 e. The fraction of sp³-hybridized carbons (Fsp3) is 0.462. The van der Waals surface area contributed by atoms with Gasteiger partial charge in [0, 0.05) is 18.7 Å². The Morgan fingerprint density at radius 1 is 1.44 bits per heavy atom. The molecule has 0 fully saturated rings. The minimum absolute atomic E-state index is 0.0180. The van der Waals surface area contributed by atoms with Gasteiger partial charge >= 0.3 is 0 Å². The average Bonchev–Trinajstić information content (AvgIpc) is 2.34. The molecule has 0 bridgehead atoms. The number of hydrogen-bond acceptors (Lipinski definition) is 4. The highest BCUT2D eigenvalue weighted by Crippen LogP contribution is 2.17. The molecule has 0 spiro atoms. The van der Waals surface area contributed by atoms with Crippen molar-refractivity contribution in [3.05, 3.63) is 29.0 Å². The molecule has 0 aromatic carbocycles. The Bertz CT molecular complexity index is 426. The molecule has 4 nitrogen and oxygen atoms in total. The van der Waals surface area contributed by atoms with Crippen molar-refractivity contribution in [3.8, 4) is 0 Å². The van der Waals surface area contributed by atoms with Crippen LogP contribution in [0, 0.1) is 5.92 Å². The molecular weight excluding hydrogens is 250 g/mol. The van der Waals surface area contributed by atoms with Crippen LogP contribution in [0.1, 0.15) is 32.3 Å². The third kappa shape index (κ3) is 4.45. The van der Waals surface area contributed by atoms with Gasteiger partial charge in [-0.3, -0.25) is 4.99 Å².